The molecule has 0 amide bonds. The number of unbranched alkanes of at least 4 members (excludes halogenated alkanes) is 3. The van der Waals surface area contributed by atoms with Gasteiger partial charge in [0.15, 0.2) is 6.10 Å². The smallest absolute Gasteiger partial charge is 0.330 e. The fourth-order valence-corrected chi connectivity index (χ4v) is 2.08. The number of carbonyl (C=O) groups is 3. The van der Waals surface area contributed by atoms with Crippen molar-refractivity contribution in [1.29, 1.82) is 0 Å². The van der Waals surface area contributed by atoms with Crippen LogP contribution in [0.2, 0.25) is 0 Å². The Hall–Kier alpha value is -4.47. The maximum atomic E-state index is 10.7. The van der Waals surface area contributed by atoms with Crippen molar-refractivity contribution >= 4 is 17.9 Å². The highest BCUT2D eigenvalue weighted by molar-refractivity contribution is 5.81. The van der Waals surface area contributed by atoms with E-state index >= 15 is 0 Å². The predicted molar refractivity (Wildman–Crippen MR) is 155 cm³/mol. The van der Waals surface area contributed by atoms with Crippen LogP contribution in [0.3, 0.4) is 0 Å². The summed E-state index contributed by atoms with van der Waals surface area (Å²) in [6.07, 6.45) is 15.8. The minimum absolute atomic E-state index is 0.0880. The van der Waals surface area contributed by atoms with Gasteiger partial charge in [-0.05, 0) is 37.8 Å². The van der Waals surface area contributed by atoms with E-state index in [0.29, 0.717) is 13.2 Å². The van der Waals surface area contributed by atoms with Crippen LogP contribution in [-0.4, -0.2) is 63.7 Å². The standard InChI is InChI=1S/C11H18O3.C10H14O4.C9H12O3/c1-3-11(12)14-10-8-6-5-7-9-13-4-2;1-4-10(11)14-8-9(13-6-3)7-12-5-2;1-3-9(10)12-8-6-5-7-11-4-2/h3-4H,1-2,5-10H2;4-6,9H,1-3,7-8H2;3-6H,1-2,7-8H2/b;;6-5+. The third-order valence-corrected chi connectivity index (χ3v) is 3.92. The fourth-order valence-electron chi connectivity index (χ4n) is 2.08. The number of ether oxygens (including phenoxy) is 7. The lowest BCUT2D eigenvalue weighted by Gasteiger charge is -2.15. The zero-order chi connectivity index (χ0) is 30.7. The van der Waals surface area contributed by atoms with E-state index in [1.165, 1.54) is 31.1 Å². The molecule has 0 rings (SSSR count). The van der Waals surface area contributed by atoms with E-state index in [4.69, 9.17) is 28.4 Å². The largest absolute Gasteiger partial charge is 0.502 e. The Kier molecular flexibility index (Phi) is 34.6. The summed E-state index contributed by atoms with van der Waals surface area (Å²) in [4.78, 5) is 31.8. The van der Waals surface area contributed by atoms with Gasteiger partial charge in [-0.15, -0.1) is 0 Å². The van der Waals surface area contributed by atoms with Gasteiger partial charge in [-0.1, -0.05) is 46.1 Å². The van der Waals surface area contributed by atoms with Gasteiger partial charge in [-0.3, -0.25) is 0 Å². The van der Waals surface area contributed by atoms with E-state index in [9.17, 15) is 14.4 Å². The molecule has 0 aliphatic rings. The molecule has 0 fully saturated rings. The van der Waals surface area contributed by atoms with Gasteiger partial charge in [-0.25, -0.2) is 14.4 Å². The SMILES string of the molecule is C=COC/C=C/COC(=O)C=C.C=COCC(COC(=O)C=C)OC=C.C=COCCCCCCOC(=O)C=C. The average molecular weight is 565 g/mol. The molecule has 0 bridgehead atoms. The summed E-state index contributed by atoms with van der Waals surface area (Å²) in [6.45, 7) is 25.6. The van der Waals surface area contributed by atoms with Crippen LogP contribution in [0.5, 0.6) is 0 Å². The molecule has 0 aliphatic carbocycles. The van der Waals surface area contributed by atoms with Gasteiger partial charge in [0.2, 0.25) is 0 Å². The summed E-state index contributed by atoms with van der Waals surface area (Å²) in [5.41, 5.74) is 0. The van der Waals surface area contributed by atoms with Gasteiger partial charge < -0.3 is 33.2 Å². The maximum absolute atomic E-state index is 10.7. The molecule has 1 atom stereocenters. The van der Waals surface area contributed by atoms with Crippen molar-refractivity contribution in [3.05, 3.63) is 101 Å². The minimum atomic E-state index is -0.499. The van der Waals surface area contributed by atoms with Crippen molar-refractivity contribution in [3.8, 4) is 0 Å². The molecule has 1 unspecified atom stereocenters. The van der Waals surface area contributed by atoms with Crippen molar-refractivity contribution < 1.29 is 47.5 Å². The summed E-state index contributed by atoms with van der Waals surface area (Å²) < 4.78 is 33.9. The number of esters is 3. The molecule has 10 heteroatoms. The summed E-state index contributed by atoms with van der Waals surface area (Å²) in [7, 11) is 0. The van der Waals surface area contributed by atoms with Gasteiger partial charge in [0.05, 0.1) is 38.3 Å². The van der Waals surface area contributed by atoms with E-state index < -0.39 is 11.9 Å². The quantitative estimate of drug-likeness (QED) is 0.0406. The molecular weight excluding hydrogens is 520 g/mol. The van der Waals surface area contributed by atoms with Crippen molar-refractivity contribution in [2.24, 2.45) is 0 Å². The van der Waals surface area contributed by atoms with Gasteiger partial charge in [0.1, 0.15) is 26.4 Å². The van der Waals surface area contributed by atoms with E-state index in [1.54, 1.807) is 12.2 Å². The number of hydrogen-bond donors (Lipinski definition) is 0. The molecule has 10 nitrogen and oxygen atoms in total. The van der Waals surface area contributed by atoms with E-state index in [-0.39, 0.29) is 31.9 Å². The summed E-state index contributed by atoms with van der Waals surface area (Å²) >= 11 is 0. The van der Waals surface area contributed by atoms with Gasteiger partial charge in [0, 0.05) is 18.2 Å². The number of rotatable bonds is 23. The molecule has 0 aromatic rings. The molecule has 0 N–H and O–H groups in total. The Morgan fingerprint density at radius 2 is 1.05 bits per heavy atom. The molecule has 0 aromatic carbocycles. The van der Waals surface area contributed by atoms with Crippen LogP contribution in [0.1, 0.15) is 25.7 Å². The lowest BCUT2D eigenvalue weighted by molar-refractivity contribution is -0.141. The molecule has 0 saturated heterocycles. The Balaban J connectivity index is -0.000000515. The first kappa shape index (κ1) is 40.0. The Labute approximate surface area is 238 Å². The maximum Gasteiger partial charge on any atom is 0.330 e. The summed E-state index contributed by atoms with van der Waals surface area (Å²) in [5, 5.41) is 0. The molecule has 0 radical (unpaired) electrons. The van der Waals surface area contributed by atoms with Crippen molar-refractivity contribution in [1.82, 2.24) is 0 Å². The van der Waals surface area contributed by atoms with Crippen LogP contribution < -0.4 is 0 Å². The van der Waals surface area contributed by atoms with Crippen molar-refractivity contribution in [3.63, 3.8) is 0 Å². The Bertz CT molecular complexity index is 770. The second-order valence-corrected chi connectivity index (χ2v) is 6.89. The molecule has 0 saturated carbocycles. The molecule has 0 aliphatic heterocycles. The fraction of sp³-hybridized carbons (Fsp3) is 0.367. The summed E-state index contributed by atoms with van der Waals surface area (Å²) in [5.74, 6) is -1.27. The van der Waals surface area contributed by atoms with E-state index in [2.05, 4.69) is 50.8 Å². The first-order chi connectivity index (χ1) is 19.4. The van der Waals surface area contributed by atoms with Crippen LogP contribution >= 0.6 is 0 Å². The molecule has 0 spiro atoms. The third kappa shape index (κ3) is 35.7. The molecule has 0 heterocycles. The van der Waals surface area contributed by atoms with Crippen LogP contribution in [-0.2, 0) is 47.5 Å². The zero-order valence-corrected chi connectivity index (χ0v) is 23.4. The van der Waals surface area contributed by atoms with Gasteiger partial charge >= 0.3 is 17.9 Å². The highest BCUT2D eigenvalue weighted by Gasteiger charge is 2.10. The zero-order valence-electron chi connectivity index (χ0n) is 23.4. The highest BCUT2D eigenvalue weighted by atomic mass is 16.6. The first-order valence-electron chi connectivity index (χ1n) is 12.3. The lowest BCUT2D eigenvalue weighted by atomic mass is 10.2. The van der Waals surface area contributed by atoms with Crippen LogP contribution in [0.15, 0.2) is 101 Å². The second-order valence-electron chi connectivity index (χ2n) is 6.89. The van der Waals surface area contributed by atoms with Crippen LogP contribution in [0.4, 0.5) is 0 Å². The van der Waals surface area contributed by atoms with Gasteiger partial charge in [0.25, 0.3) is 0 Å². The topological polar surface area (TPSA) is 116 Å². The molecule has 40 heavy (non-hydrogen) atoms. The van der Waals surface area contributed by atoms with Crippen LogP contribution in [0.25, 0.3) is 0 Å². The second kappa shape index (κ2) is 34.5. The van der Waals surface area contributed by atoms with Gasteiger partial charge in [-0.2, -0.15) is 0 Å². The van der Waals surface area contributed by atoms with Crippen LogP contribution in [0, 0.1) is 0 Å². The highest BCUT2D eigenvalue weighted by Crippen LogP contribution is 2.01. The molecular formula is C30H44O10. The normalized spacial score (nSPS) is 9.80. The summed E-state index contributed by atoms with van der Waals surface area (Å²) in [6, 6.07) is 0. The minimum Gasteiger partial charge on any atom is -0.502 e. The first-order valence-corrected chi connectivity index (χ1v) is 12.3. The van der Waals surface area contributed by atoms with Crippen molar-refractivity contribution in [2.75, 3.05) is 39.6 Å². The number of hydrogen-bond acceptors (Lipinski definition) is 10. The monoisotopic (exact) mass is 564 g/mol. The average Bonchev–Trinajstić information content (AvgIpc) is 2.97. The van der Waals surface area contributed by atoms with E-state index in [0.717, 1.165) is 44.4 Å². The van der Waals surface area contributed by atoms with Crippen molar-refractivity contribution in [2.45, 2.75) is 31.8 Å². The molecule has 0 aromatic heterocycles. The van der Waals surface area contributed by atoms with E-state index in [1.807, 2.05) is 0 Å². The Morgan fingerprint density at radius 1 is 0.525 bits per heavy atom. The number of carbonyl (C=O) groups excluding carboxylic acids is 3. The predicted octanol–water partition coefficient (Wildman–Crippen LogP) is 5.27. The third-order valence-electron chi connectivity index (χ3n) is 3.92. The Morgan fingerprint density at radius 3 is 1.60 bits per heavy atom. The molecule has 224 valence electrons. The lowest BCUT2D eigenvalue weighted by Crippen LogP contribution is -2.24.